The molecule has 1 aliphatic rings. The van der Waals surface area contributed by atoms with Crippen molar-refractivity contribution in [2.45, 2.75) is 36.8 Å². The van der Waals surface area contributed by atoms with E-state index in [2.05, 4.69) is 20.7 Å². The third-order valence-electron chi connectivity index (χ3n) is 2.97. The van der Waals surface area contributed by atoms with Crippen LogP contribution in [0.3, 0.4) is 0 Å². The molecule has 0 aromatic heterocycles. The second-order valence-corrected chi connectivity index (χ2v) is 6.88. The maximum atomic E-state index is 13.9. The summed E-state index contributed by atoms with van der Waals surface area (Å²) in [5.41, 5.74) is -0.0432. The quantitative estimate of drug-likeness (QED) is 0.881. The van der Waals surface area contributed by atoms with Gasteiger partial charge in [0.2, 0.25) is 10.0 Å². The van der Waals surface area contributed by atoms with Crippen LogP contribution in [0.25, 0.3) is 0 Å². The first kappa shape index (κ1) is 13.9. The van der Waals surface area contributed by atoms with Crippen molar-refractivity contribution in [2.75, 3.05) is 0 Å². The Hall–Kier alpha value is -0.500. The number of aliphatic hydroxyl groups is 1. The van der Waals surface area contributed by atoms with Gasteiger partial charge in [0.25, 0.3) is 0 Å². The summed E-state index contributed by atoms with van der Waals surface area (Å²) in [7, 11) is -3.87. The Bertz CT molecular complexity index is 558. The first-order valence-corrected chi connectivity index (χ1v) is 7.83. The summed E-state index contributed by atoms with van der Waals surface area (Å²) in [6.45, 7) is -0.544. The van der Waals surface area contributed by atoms with Crippen molar-refractivity contribution < 1.29 is 17.9 Å². The average molecular weight is 338 g/mol. The lowest BCUT2D eigenvalue weighted by Crippen LogP contribution is -2.39. The Morgan fingerprint density at radius 2 is 2.11 bits per heavy atom. The average Bonchev–Trinajstić information content (AvgIpc) is 2.26. The second kappa shape index (κ2) is 5.24. The molecule has 1 fully saturated rings. The number of sulfonamides is 1. The zero-order valence-electron chi connectivity index (χ0n) is 9.49. The van der Waals surface area contributed by atoms with E-state index in [9.17, 15) is 12.8 Å². The van der Waals surface area contributed by atoms with Gasteiger partial charge in [-0.1, -0.05) is 22.4 Å². The molecule has 0 atom stereocenters. The molecule has 2 rings (SSSR count). The monoisotopic (exact) mass is 337 g/mol. The van der Waals surface area contributed by atoms with E-state index < -0.39 is 27.3 Å². The number of hydrogen-bond donors (Lipinski definition) is 2. The van der Waals surface area contributed by atoms with Crippen molar-refractivity contribution in [3.63, 3.8) is 0 Å². The molecule has 0 radical (unpaired) electrons. The van der Waals surface area contributed by atoms with Crippen LogP contribution in [-0.4, -0.2) is 19.6 Å². The van der Waals surface area contributed by atoms with E-state index in [-0.39, 0.29) is 11.6 Å². The van der Waals surface area contributed by atoms with E-state index in [1.165, 1.54) is 12.1 Å². The zero-order valence-corrected chi connectivity index (χ0v) is 11.9. The molecule has 7 heteroatoms. The highest BCUT2D eigenvalue weighted by Gasteiger charge is 2.28. The first-order valence-electron chi connectivity index (χ1n) is 5.55. The highest BCUT2D eigenvalue weighted by atomic mass is 79.9. The highest BCUT2D eigenvalue weighted by Crippen LogP contribution is 2.26. The van der Waals surface area contributed by atoms with Gasteiger partial charge in [-0.15, -0.1) is 0 Å². The van der Waals surface area contributed by atoms with Crippen LogP contribution in [0.5, 0.6) is 0 Å². The molecule has 0 bridgehead atoms. The number of rotatable bonds is 4. The van der Waals surface area contributed by atoms with Crippen LogP contribution < -0.4 is 4.72 Å². The fraction of sp³-hybridized carbons (Fsp3) is 0.455. The van der Waals surface area contributed by atoms with E-state index in [0.717, 1.165) is 19.3 Å². The molecule has 0 spiro atoms. The normalized spacial score (nSPS) is 16.6. The van der Waals surface area contributed by atoms with Gasteiger partial charge in [-0.25, -0.2) is 17.5 Å². The van der Waals surface area contributed by atoms with Crippen molar-refractivity contribution in [1.29, 1.82) is 0 Å². The van der Waals surface area contributed by atoms with Crippen LogP contribution in [-0.2, 0) is 16.6 Å². The van der Waals surface area contributed by atoms with Gasteiger partial charge in [-0.05, 0) is 25.0 Å². The topological polar surface area (TPSA) is 66.4 Å². The lowest BCUT2D eigenvalue weighted by Gasteiger charge is -2.26. The molecule has 1 aromatic carbocycles. The van der Waals surface area contributed by atoms with Crippen LogP contribution in [0.15, 0.2) is 21.5 Å². The van der Waals surface area contributed by atoms with Crippen molar-refractivity contribution in [3.05, 3.63) is 28.0 Å². The molecule has 4 nitrogen and oxygen atoms in total. The Kier molecular flexibility index (Phi) is 4.05. The third kappa shape index (κ3) is 2.74. The summed E-state index contributed by atoms with van der Waals surface area (Å²) in [6.07, 6.45) is 2.54. The highest BCUT2D eigenvalue weighted by molar-refractivity contribution is 9.10. The molecule has 100 valence electrons. The summed E-state index contributed by atoms with van der Waals surface area (Å²) in [5, 5.41) is 9.00. The minimum atomic E-state index is -3.87. The summed E-state index contributed by atoms with van der Waals surface area (Å²) < 4.78 is 40.8. The Labute approximate surface area is 113 Å². The van der Waals surface area contributed by atoms with Gasteiger partial charge in [-0.3, -0.25) is 0 Å². The molecular formula is C11H13BrFNO3S. The summed E-state index contributed by atoms with van der Waals surface area (Å²) in [6, 6.07) is 2.46. The lowest BCUT2D eigenvalue weighted by atomic mass is 9.94. The van der Waals surface area contributed by atoms with E-state index >= 15 is 0 Å². The maximum Gasteiger partial charge on any atom is 0.243 e. The van der Waals surface area contributed by atoms with Crippen LogP contribution in [0, 0.1) is 5.82 Å². The van der Waals surface area contributed by atoms with Gasteiger partial charge in [0.1, 0.15) is 10.7 Å². The fourth-order valence-corrected chi connectivity index (χ4v) is 3.85. The van der Waals surface area contributed by atoms with Crippen molar-refractivity contribution >= 4 is 26.0 Å². The molecule has 1 aliphatic carbocycles. The minimum absolute atomic E-state index is 0.0432. The molecule has 1 saturated carbocycles. The molecule has 0 heterocycles. The summed E-state index contributed by atoms with van der Waals surface area (Å²) in [4.78, 5) is -0.423. The van der Waals surface area contributed by atoms with Crippen LogP contribution in [0.4, 0.5) is 4.39 Å². The van der Waals surface area contributed by atoms with Gasteiger partial charge in [0.15, 0.2) is 0 Å². The Balaban J connectivity index is 2.39. The Morgan fingerprint density at radius 3 is 2.61 bits per heavy atom. The summed E-state index contributed by atoms with van der Waals surface area (Å²) in [5.74, 6) is -0.896. The molecular weight excluding hydrogens is 325 g/mol. The van der Waals surface area contributed by atoms with Gasteiger partial charge in [0.05, 0.1) is 6.61 Å². The van der Waals surface area contributed by atoms with Crippen LogP contribution >= 0.6 is 15.9 Å². The van der Waals surface area contributed by atoms with Crippen molar-refractivity contribution in [3.8, 4) is 0 Å². The lowest BCUT2D eigenvalue weighted by molar-refractivity contribution is 0.274. The number of aliphatic hydroxyl groups excluding tert-OH is 1. The minimum Gasteiger partial charge on any atom is -0.392 e. The number of halogens is 2. The van der Waals surface area contributed by atoms with Gasteiger partial charge < -0.3 is 5.11 Å². The smallest absolute Gasteiger partial charge is 0.243 e. The predicted octanol–water partition coefficient (Wildman–Crippen LogP) is 1.91. The van der Waals surface area contributed by atoms with Gasteiger partial charge >= 0.3 is 0 Å². The molecule has 0 saturated heterocycles. The third-order valence-corrected chi connectivity index (χ3v) is 4.94. The molecule has 0 aliphatic heterocycles. The molecule has 1 aromatic rings. The fourth-order valence-electron chi connectivity index (χ4n) is 1.74. The van der Waals surface area contributed by atoms with Crippen molar-refractivity contribution in [2.24, 2.45) is 0 Å². The molecule has 0 amide bonds. The van der Waals surface area contributed by atoms with E-state index in [0.29, 0.717) is 4.47 Å². The number of benzene rings is 1. The summed E-state index contributed by atoms with van der Waals surface area (Å²) >= 11 is 3.11. The number of nitrogens with one attached hydrogen (secondary N) is 1. The predicted molar refractivity (Wildman–Crippen MR) is 68.0 cm³/mol. The molecule has 2 N–H and O–H groups in total. The van der Waals surface area contributed by atoms with Gasteiger partial charge in [-0.2, -0.15) is 0 Å². The van der Waals surface area contributed by atoms with E-state index in [1.54, 1.807) is 0 Å². The van der Waals surface area contributed by atoms with Crippen molar-refractivity contribution in [1.82, 2.24) is 4.72 Å². The molecule has 0 unspecified atom stereocenters. The van der Waals surface area contributed by atoms with Crippen LogP contribution in [0.1, 0.15) is 24.8 Å². The molecule has 18 heavy (non-hydrogen) atoms. The van der Waals surface area contributed by atoms with Gasteiger partial charge in [0, 0.05) is 16.1 Å². The first-order chi connectivity index (χ1) is 8.44. The standard InChI is InChI=1S/C11H13BrFNO3S/c12-8-4-7(6-15)11(13)10(5-8)18(16,17)14-9-2-1-3-9/h4-5,9,14-15H,1-3,6H2. The second-order valence-electron chi connectivity index (χ2n) is 4.28. The largest absolute Gasteiger partial charge is 0.392 e. The maximum absolute atomic E-state index is 13.9. The van der Waals surface area contributed by atoms with E-state index in [4.69, 9.17) is 5.11 Å². The van der Waals surface area contributed by atoms with Crippen LogP contribution in [0.2, 0.25) is 0 Å². The number of hydrogen-bond acceptors (Lipinski definition) is 3. The Morgan fingerprint density at radius 1 is 1.44 bits per heavy atom. The zero-order chi connectivity index (χ0) is 13.3. The van der Waals surface area contributed by atoms with E-state index in [1.807, 2.05) is 0 Å². The SMILES string of the molecule is O=S(=O)(NC1CCC1)c1cc(Br)cc(CO)c1F.